The maximum atomic E-state index is 12.6. The Morgan fingerprint density at radius 1 is 1.13 bits per heavy atom. The highest BCUT2D eigenvalue weighted by Gasteiger charge is 2.31. The number of halogens is 6. The van der Waals surface area contributed by atoms with Gasteiger partial charge in [-0.3, -0.25) is 4.79 Å². The number of hydrogen-bond donors (Lipinski definition) is 3. The van der Waals surface area contributed by atoms with Gasteiger partial charge in [0.2, 0.25) is 0 Å². The van der Waals surface area contributed by atoms with Gasteiger partial charge in [0.15, 0.2) is 6.29 Å². The molecule has 2 aromatic carbocycles. The van der Waals surface area contributed by atoms with E-state index in [4.69, 9.17) is 27.5 Å². The zero-order valence-corrected chi connectivity index (χ0v) is 16.2. The van der Waals surface area contributed by atoms with Crippen molar-refractivity contribution in [2.45, 2.75) is 12.5 Å². The average molecular weight is 467 g/mol. The van der Waals surface area contributed by atoms with E-state index in [-0.39, 0.29) is 20.5 Å². The van der Waals surface area contributed by atoms with E-state index in [1.807, 2.05) is 0 Å². The molecule has 5 nitrogen and oxygen atoms in total. The summed E-state index contributed by atoms with van der Waals surface area (Å²) in [5.74, 6) is -2.96. The van der Waals surface area contributed by atoms with Crippen LogP contribution in [0.1, 0.15) is 27.1 Å². The van der Waals surface area contributed by atoms with E-state index < -0.39 is 41.1 Å². The van der Waals surface area contributed by atoms with Crippen molar-refractivity contribution in [3.63, 3.8) is 0 Å². The molecule has 0 aliphatic heterocycles. The molecule has 0 spiro atoms. The summed E-state index contributed by atoms with van der Waals surface area (Å²) in [4.78, 5) is 14.4. The van der Waals surface area contributed by atoms with E-state index in [1.54, 1.807) is 0 Å². The van der Waals surface area contributed by atoms with Crippen LogP contribution in [0.25, 0.3) is 10.6 Å². The number of carbonyl (C=O) groups excluding carboxylic acids is 1. The van der Waals surface area contributed by atoms with Gasteiger partial charge in [0, 0.05) is 11.8 Å². The fourth-order valence-corrected chi connectivity index (χ4v) is 3.21. The third-order valence-electron chi connectivity index (χ3n) is 3.51. The number of aliphatic hydroxyl groups is 2. The maximum Gasteiger partial charge on any atom is 0.416 e. The minimum atomic E-state index is -4.48. The predicted molar refractivity (Wildman–Crippen MR) is 99.6 cm³/mol. The fraction of sp³-hybridized carbons (Fsp3) is 0.111. The number of primary amides is 1. The van der Waals surface area contributed by atoms with Crippen molar-refractivity contribution in [3.8, 4) is 10.6 Å². The van der Waals surface area contributed by atoms with Gasteiger partial charge in [0.25, 0.3) is 5.91 Å². The molecule has 30 heavy (non-hydrogen) atoms. The van der Waals surface area contributed by atoms with Gasteiger partial charge in [-0.25, -0.2) is 13.8 Å². The zero-order chi connectivity index (χ0) is 22.6. The molecule has 3 rings (SSSR count). The summed E-state index contributed by atoms with van der Waals surface area (Å²) in [7, 11) is 0. The Bertz CT molecular complexity index is 1040. The highest BCUT2D eigenvalue weighted by molar-refractivity contribution is 7.15. The second-order valence-corrected chi connectivity index (χ2v) is 7.06. The molecule has 1 amide bonds. The minimum Gasteiger partial charge on any atom is -0.365 e. The number of nitrogens with zero attached hydrogens (tertiary/aromatic N) is 1. The Kier molecular flexibility index (Phi) is 7.48. The van der Waals surface area contributed by atoms with Crippen molar-refractivity contribution in [3.05, 3.63) is 75.3 Å². The Labute approximate surface area is 175 Å². The summed E-state index contributed by atoms with van der Waals surface area (Å²) in [6.07, 6.45) is -5.01. The van der Waals surface area contributed by atoms with Crippen molar-refractivity contribution >= 4 is 28.8 Å². The van der Waals surface area contributed by atoms with Crippen LogP contribution >= 0.6 is 22.9 Å². The van der Waals surface area contributed by atoms with Gasteiger partial charge < -0.3 is 15.9 Å². The SMILES string of the molecule is NC(=O)c1c(F)cccc1F.OC(O)c1cnc(-c2cc(C(F)(F)F)ccc2Cl)s1. The normalized spacial score (nSPS) is 11.2. The fourth-order valence-electron chi connectivity index (χ4n) is 2.13. The molecule has 160 valence electrons. The molecule has 0 atom stereocenters. The summed E-state index contributed by atoms with van der Waals surface area (Å²) in [5, 5.41) is 18.2. The van der Waals surface area contributed by atoms with Crippen LogP contribution < -0.4 is 5.73 Å². The highest BCUT2D eigenvalue weighted by atomic mass is 35.5. The first kappa shape index (κ1) is 23.7. The van der Waals surface area contributed by atoms with E-state index in [1.165, 1.54) is 6.20 Å². The van der Waals surface area contributed by atoms with Crippen LogP contribution in [0.2, 0.25) is 5.02 Å². The van der Waals surface area contributed by atoms with Crippen LogP contribution in [0.5, 0.6) is 0 Å². The lowest BCUT2D eigenvalue weighted by Gasteiger charge is -2.08. The van der Waals surface area contributed by atoms with Gasteiger partial charge >= 0.3 is 6.18 Å². The van der Waals surface area contributed by atoms with Gasteiger partial charge in [-0.05, 0) is 30.3 Å². The summed E-state index contributed by atoms with van der Waals surface area (Å²) >= 11 is 6.71. The molecule has 1 heterocycles. The van der Waals surface area contributed by atoms with Crippen LogP contribution in [0.15, 0.2) is 42.6 Å². The van der Waals surface area contributed by atoms with E-state index >= 15 is 0 Å². The number of nitrogens with two attached hydrogens (primary N) is 1. The van der Waals surface area contributed by atoms with Crippen molar-refractivity contribution in [2.75, 3.05) is 0 Å². The van der Waals surface area contributed by atoms with Crippen LogP contribution in [0.4, 0.5) is 22.0 Å². The largest absolute Gasteiger partial charge is 0.416 e. The third-order valence-corrected chi connectivity index (χ3v) is 4.91. The molecular weight excluding hydrogens is 455 g/mol. The predicted octanol–water partition coefficient (Wildman–Crippen LogP) is 4.53. The van der Waals surface area contributed by atoms with Gasteiger partial charge in [0.1, 0.15) is 22.2 Å². The second-order valence-electron chi connectivity index (χ2n) is 5.59. The Hall–Kier alpha value is -2.60. The van der Waals surface area contributed by atoms with E-state index in [0.29, 0.717) is 0 Å². The third kappa shape index (κ3) is 5.72. The van der Waals surface area contributed by atoms with Gasteiger partial charge in [-0.2, -0.15) is 13.2 Å². The summed E-state index contributed by atoms with van der Waals surface area (Å²) in [5.41, 5.74) is 3.27. The number of amides is 1. The molecule has 0 saturated heterocycles. The highest BCUT2D eigenvalue weighted by Crippen LogP contribution is 2.37. The molecule has 4 N–H and O–H groups in total. The summed E-state index contributed by atoms with van der Waals surface area (Å²) < 4.78 is 62.9. The monoisotopic (exact) mass is 466 g/mol. The smallest absolute Gasteiger partial charge is 0.365 e. The van der Waals surface area contributed by atoms with Crippen molar-refractivity contribution in [1.29, 1.82) is 0 Å². The van der Waals surface area contributed by atoms with E-state index in [0.717, 1.165) is 47.7 Å². The quantitative estimate of drug-likeness (QED) is 0.390. The number of alkyl halides is 3. The van der Waals surface area contributed by atoms with Crippen molar-refractivity contribution in [2.24, 2.45) is 5.73 Å². The molecule has 0 saturated carbocycles. The molecule has 0 radical (unpaired) electrons. The molecule has 1 aromatic heterocycles. The number of benzene rings is 2. The molecule has 0 aliphatic carbocycles. The van der Waals surface area contributed by atoms with Gasteiger partial charge in [0.05, 0.1) is 15.5 Å². The van der Waals surface area contributed by atoms with E-state index in [2.05, 4.69) is 4.98 Å². The summed E-state index contributed by atoms with van der Waals surface area (Å²) in [6, 6.07) is 6.01. The van der Waals surface area contributed by atoms with Gasteiger partial charge in [-0.1, -0.05) is 17.7 Å². The first-order chi connectivity index (χ1) is 13.9. The average Bonchev–Trinajstić information content (AvgIpc) is 3.11. The summed E-state index contributed by atoms with van der Waals surface area (Å²) in [6.45, 7) is 0. The number of hydrogen-bond acceptors (Lipinski definition) is 5. The molecule has 3 aromatic rings. The number of thiazole rings is 1. The lowest BCUT2D eigenvalue weighted by atomic mass is 10.1. The number of carbonyl (C=O) groups is 1. The first-order valence-electron chi connectivity index (χ1n) is 7.84. The van der Waals surface area contributed by atoms with Crippen LogP contribution in [0, 0.1) is 11.6 Å². The Morgan fingerprint density at radius 2 is 1.73 bits per heavy atom. The number of aliphatic hydroxyl groups excluding tert-OH is 1. The van der Waals surface area contributed by atoms with Crippen molar-refractivity contribution < 1.29 is 37.0 Å². The Balaban J connectivity index is 0.000000248. The zero-order valence-electron chi connectivity index (χ0n) is 14.6. The van der Waals surface area contributed by atoms with E-state index in [9.17, 15) is 26.7 Å². The maximum absolute atomic E-state index is 12.6. The molecule has 12 heteroatoms. The lowest BCUT2D eigenvalue weighted by molar-refractivity contribution is -0.137. The van der Waals surface area contributed by atoms with Crippen molar-refractivity contribution in [1.82, 2.24) is 4.98 Å². The van der Waals surface area contributed by atoms with Crippen LogP contribution in [0.3, 0.4) is 0 Å². The Morgan fingerprint density at radius 3 is 2.17 bits per heavy atom. The standard InChI is InChI=1S/C11H7ClF3NO2S.C7H5F2NO/c12-7-2-1-5(11(13,14)15)3-6(7)9-16-4-8(19-9)10(17)18;8-4-2-1-3-5(9)6(4)7(10)11/h1-4,10,17-18H;1-3H,(H2,10,11). The van der Waals surface area contributed by atoms with Crippen LogP contribution in [-0.2, 0) is 6.18 Å². The molecular formula is C18H12ClF5N2O3S. The molecule has 0 aliphatic rings. The topological polar surface area (TPSA) is 96.4 Å². The van der Waals surface area contributed by atoms with Gasteiger partial charge in [-0.15, -0.1) is 11.3 Å². The molecule has 0 unspecified atom stereocenters. The minimum absolute atomic E-state index is 0.105. The number of aromatic nitrogens is 1. The number of rotatable bonds is 3. The molecule has 0 bridgehead atoms. The second kappa shape index (κ2) is 9.47. The molecule has 0 fully saturated rings. The van der Waals surface area contributed by atoms with Crippen LogP contribution in [-0.4, -0.2) is 21.1 Å². The first-order valence-corrected chi connectivity index (χ1v) is 9.04. The lowest BCUT2D eigenvalue weighted by Crippen LogP contribution is -2.15.